The van der Waals surface area contributed by atoms with E-state index in [4.69, 9.17) is 4.74 Å². The number of thiophene rings is 1. The zero-order chi connectivity index (χ0) is 29.5. The number of ether oxygens (including phenoxy) is 1. The Kier molecular flexibility index (Phi) is 9.75. The summed E-state index contributed by atoms with van der Waals surface area (Å²) < 4.78 is 6.11. The van der Waals surface area contributed by atoms with E-state index in [1.165, 1.54) is 16.9 Å². The number of ketones is 1. The Balaban J connectivity index is 1.20. The van der Waals surface area contributed by atoms with Crippen LogP contribution in [0.2, 0.25) is 0 Å². The van der Waals surface area contributed by atoms with Gasteiger partial charge in [-0.05, 0) is 82.1 Å². The first kappa shape index (κ1) is 30.0. The SMILES string of the molecule is CCN1CCOc2ccccc2CCCCC2(CCN(CC(=O)Nc3sccc3C(=O)c3ccc(C)cc3)CC2)C1=O. The van der Waals surface area contributed by atoms with E-state index >= 15 is 0 Å². The summed E-state index contributed by atoms with van der Waals surface area (Å²) in [5, 5.41) is 5.39. The fourth-order valence-electron chi connectivity index (χ4n) is 6.16. The third-order valence-corrected chi connectivity index (χ3v) is 9.55. The third-order valence-electron chi connectivity index (χ3n) is 8.72. The van der Waals surface area contributed by atoms with Crippen molar-refractivity contribution in [3.05, 3.63) is 82.2 Å². The minimum absolute atomic E-state index is 0.0955. The number of anilines is 1. The van der Waals surface area contributed by atoms with E-state index in [2.05, 4.69) is 22.3 Å². The molecule has 0 radical (unpaired) electrons. The lowest BCUT2D eigenvalue weighted by atomic mass is 9.73. The summed E-state index contributed by atoms with van der Waals surface area (Å²) in [6.45, 7) is 7.35. The van der Waals surface area contributed by atoms with E-state index in [9.17, 15) is 14.4 Å². The molecule has 2 amide bonds. The number of fused-ring (bicyclic) bond motifs is 1. The maximum absolute atomic E-state index is 13.9. The van der Waals surface area contributed by atoms with Crippen LogP contribution in [0, 0.1) is 12.3 Å². The number of piperidine rings is 1. The Morgan fingerprint density at radius 2 is 1.74 bits per heavy atom. The normalized spacial score (nSPS) is 18.0. The van der Waals surface area contributed by atoms with Crippen LogP contribution >= 0.6 is 11.3 Å². The second kappa shape index (κ2) is 13.7. The minimum Gasteiger partial charge on any atom is -0.491 e. The lowest BCUT2D eigenvalue weighted by Gasteiger charge is -2.43. The maximum atomic E-state index is 13.9. The largest absolute Gasteiger partial charge is 0.491 e. The topological polar surface area (TPSA) is 79.0 Å². The molecule has 3 aromatic rings. The zero-order valence-electron chi connectivity index (χ0n) is 24.7. The standard InChI is InChI=1S/C34H41N3O4S/c1-3-37-21-22-41-29-10-5-4-8-26(29)9-6-7-16-34(33(37)40)17-19-36(20-18-34)24-30(38)35-32-28(15-23-42-32)31(39)27-13-11-25(2)12-14-27/h4-5,8,10-15,23H,3,6-7,9,16-22,24H2,1-2H3,(H,35,38). The van der Waals surface area contributed by atoms with Crippen molar-refractivity contribution in [2.24, 2.45) is 5.41 Å². The number of amides is 2. The molecule has 0 bridgehead atoms. The van der Waals surface area contributed by atoms with E-state index in [0.717, 1.165) is 49.8 Å². The number of hydrogen-bond acceptors (Lipinski definition) is 6. The molecule has 8 heteroatoms. The highest BCUT2D eigenvalue weighted by Crippen LogP contribution is 2.39. The highest BCUT2D eigenvalue weighted by atomic mass is 32.1. The van der Waals surface area contributed by atoms with Gasteiger partial charge in [-0.2, -0.15) is 0 Å². The Bertz CT molecular complexity index is 1390. The van der Waals surface area contributed by atoms with Crippen LogP contribution in [-0.4, -0.2) is 66.7 Å². The highest BCUT2D eigenvalue weighted by Gasteiger charge is 2.43. The average Bonchev–Trinajstić information content (AvgIpc) is 3.46. The lowest BCUT2D eigenvalue weighted by molar-refractivity contribution is -0.146. The molecule has 0 unspecified atom stereocenters. The van der Waals surface area contributed by atoms with Crippen LogP contribution in [0.1, 0.15) is 66.1 Å². The van der Waals surface area contributed by atoms with Crippen molar-refractivity contribution in [1.29, 1.82) is 0 Å². The molecule has 1 saturated heterocycles. The number of aryl methyl sites for hydroxylation is 2. The van der Waals surface area contributed by atoms with E-state index in [1.807, 2.05) is 60.5 Å². The van der Waals surface area contributed by atoms with Crippen LogP contribution in [0.3, 0.4) is 0 Å². The first-order chi connectivity index (χ1) is 20.4. The Hall–Kier alpha value is -3.49. The number of para-hydroxylation sites is 1. The molecule has 0 saturated carbocycles. The fraction of sp³-hybridized carbons (Fsp3) is 0.441. The Morgan fingerprint density at radius 3 is 2.50 bits per heavy atom. The van der Waals surface area contributed by atoms with Crippen LogP contribution < -0.4 is 10.1 Å². The molecule has 7 nitrogen and oxygen atoms in total. The molecule has 2 aromatic carbocycles. The Morgan fingerprint density at radius 1 is 0.976 bits per heavy atom. The third kappa shape index (κ3) is 6.93. The summed E-state index contributed by atoms with van der Waals surface area (Å²) in [6, 6.07) is 17.5. The number of hydrogen-bond donors (Lipinski definition) is 1. The van der Waals surface area contributed by atoms with Crippen molar-refractivity contribution >= 4 is 33.9 Å². The van der Waals surface area contributed by atoms with Gasteiger partial charge in [0.2, 0.25) is 11.8 Å². The number of nitrogens with zero attached hydrogens (tertiary/aromatic N) is 2. The molecule has 0 aliphatic carbocycles. The minimum atomic E-state index is -0.400. The van der Waals surface area contributed by atoms with Crippen molar-refractivity contribution in [3.8, 4) is 5.75 Å². The number of likely N-dealkylation sites (tertiary alicyclic amines) is 1. The van der Waals surface area contributed by atoms with E-state index in [1.54, 1.807) is 6.07 Å². The van der Waals surface area contributed by atoms with Crippen molar-refractivity contribution in [1.82, 2.24) is 9.80 Å². The van der Waals surface area contributed by atoms with E-state index in [-0.39, 0.29) is 24.1 Å². The van der Waals surface area contributed by atoms with Gasteiger partial charge in [0.1, 0.15) is 17.4 Å². The number of nitrogens with one attached hydrogen (secondary N) is 1. The lowest BCUT2D eigenvalue weighted by Crippen LogP contribution is -2.52. The molecule has 42 heavy (non-hydrogen) atoms. The Labute approximate surface area is 252 Å². The molecule has 0 atom stereocenters. The molecule has 2 aliphatic rings. The summed E-state index contributed by atoms with van der Waals surface area (Å²) in [4.78, 5) is 44.2. The van der Waals surface area contributed by atoms with Crippen LogP contribution in [0.25, 0.3) is 0 Å². The number of benzene rings is 2. The molecular weight excluding hydrogens is 546 g/mol. The van der Waals surface area contributed by atoms with Crippen molar-refractivity contribution in [2.75, 3.05) is 44.6 Å². The predicted octanol–water partition coefficient (Wildman–Crippen LogP) is 5.96. The molecule has 1 aromatic heterocycles. The van der Waals surface area contributed by atoms with Crippen LogP contribution in [-0.2, 0) is 16.0 Å². The van der Waals surface area contributed by atoms with Crippen LogP contribution in [0.5, 0.6) is 5.75 Å². The van der Waals surface area contributed by atoms with Crippen molar-refractivity contribution < 1.29 is 19.1 Å². The van der Waals surface area contributed by atoms with Gasteiger partial charge in [0.15, 0.2) is 5.78 Å². The molecule has 5 rings (SSSR count). The van der Waals surface area contributed by atoms with Crippen LogP contribution in [0.15, 0.2) is 60.0 Å². The summed E-state index contributed by atoms with van der Waals surface area (Å²) in [6.07, 6.45) is 5.28. The van der Waals surface area contributed by atoms with Gasteiger partial charge >= 0.3 is 0 Å². The van der Waals surface area contributed by atoms with Gasteiger partial charge in [-0.1, -0.05) is 54.4 Å². The van der Waals surface area contributed by atoms with Gasteiger partial charge in [-0.25, -0.2) is 0 Å². The summed E-state index contributed by atoms with van der Waals surface area (Å²) in [7, 11) is 0. The fourth-order valence-corrected chi connectivity index (χ4v) is 6.96. The maximum Gasteiger partial charge on any atom is 0.239 e. The number of carbonyl (C=O) groups excluding carboxylic acids is 3. The van der Waals surface area contributed by atoms with Gasteiger partial charge in [-0.3, -0.25) is 19.3 Å². The van der Waals surface area contributed by atoms with Crippen molar-refractivity contribution in [3.63, 3.8) is 0 Å². The number of likely N-dealkylation sites (N-methyl/N-ethyl adjacent to an activating group) is 1. The van der Waals surface area contributed by atoms with E-state index < -0.39 is 5.41 Å². The first-order valence-electron chi connectivity index (χ1n) is 15.1. The molecule has 1 fully saturated rings. The van der Waals surface area contributed by atoms with E-state index in [0.29, 0.717) is 48.9 Å². The molecular formula is C34H41N3O4S. The summed E-state index contributed by atoms with van der Waals surface area (Å²) in [5.74, 6) is 0.922. The van der Waals surface area contributed by atoms with Gasteiger partial charge in [0.05, 0.1) is 24.1 Å². The second-order valence-electron chi connectivity index (χ2n) is 11.5. The van der Waals surface area contributed by atoms with Crippen LogP contribution in [0.4, 0.5) is 5.00 Å². The second-order valence-corrected chi connectivity index (χ2v) is 12.4. The zero-order valence-corrected chi connectivity index (χ0v) is 25.5. The summed E-state index contributed by atoms with van der Waals surface area (Å²) in [5.41, 5.74) is 3.04. The molecule has 3 heterocycles. The van der Waals surface area contributed by atoms with Gasteiger partial charge in [0.25, 0.3) is 0 Å². The molecule has 1 N–H and O–H groups in total. The first-order valence-corrected chi connectivity index (χ1v) is 16.0. The monoisotopic (exact) mass is 587 g/mol. The summed E-state index contributed by atoms with van der Waals surface area (Å²) >= 11 is 1.36. The molecule has 2 aliphatic heterocycles. The number of rotatable bonds is 6. The quantitative estimate of drug-likeness (QED) is 0.360. The highest BCUT2D eigenvalue weighted by molar-refractivity contribution is 7.14. The van der Waals surface area contributed by atoms with Crippen molar-refractivity contribution in [2.45, 2.75) is 52.4 Å². The molecule has 222 valence electrons. The van der Waals surface area contributed by atoms with Gasteiger partial charge in [0, 0.05) is 12.1 Å². The predicted molar refractivity (Wildman–Crippen MR) is 167 cm³/mol. The van der Waals surface area contributed by atoms with Gasteiger partial charge < -0.3 is 15.0 Å². The molecule has 1 spiro atoms. The van der Waals surface area contributed by atoms with Gasteiger partial charge in [-0.15, -0.1) is 11.3 Å². The average molecular weight is 588 g/mol. The smallest absolute Gasteiger partial charge is 0.239 e. The number of carbonyl (C=O) groups is 3.